The Morgan fingerprint density at radius 2 is 1.95 bits per heavy atom. The Morgan fingerprint density at radius 1 is 1.25 bits per heavy atom. The normalized spacial score (nSPS) is 25.8. The zero-order valence-electron chi connectivity index (χ0n) is 12.1. The lowest BCUT2D eigenvalue weighted by atomic mass is 10.0. The van der Waals surface area contributed by atoms with Gasteiger partial charge < -0.3 is 9.64 Å². The molecular formula is C14H24F2N2O2. The van der Waals surface area contributed by atoms with Crippen LogP contribution in [0.4, 0.5) is 8.78 Å². The van der Waals surface area contributed by atoms with Crippen molar-refractivity contribution in [3.8, 4) is 0 Å². The van der Waals surface area contributed by atoms with Crippen LogP contribution in [0.25, 0.3) is 0 Å². The number of piperidine rings is 1. The van der Waals surface area contributed by atoms with Crippen molar-refractivity contribution < 1.29 is 18.3 Å². The Kier molecular flexibility index (Phi) is 5.32. The highest BCUT2D eigenvalue weighted by Crippen LogP contribution is 2.24. The fraction of sp³-hybridized carbons (Fsp3) is 0.929. The van der Waals surface area contributed by atoms with Gasteiger partial charge in [0.25, 0.3) is 5.92 Å². The molecule has 0 aromatic heterocycles. The van der Waals surface area contributed by atoms with Gasteiger partial charge in [-0.05, 0) is 26.2 Å². The van der Waals surface area contributed by atoms with E-state index in [9.17, 15) is 13.6 Å². The maximum Gasteiger partial charge on any atom is 0.254 e. The Bertz CT molecular complexity index is 328. The standard InChI is InChI=1S/C14H24F2N2O2/c1-14(15,16)10-13(19)18-5-3-2-4-12(18)11-17-6-8-20-9-7-17/h12H,2-11H2,1H3. The minimum absolute atomic E-state index is 0.0803. The minimum atomic E-state index is -2.92. The number of morpholine rings is 1. The number of hydrogen-bond acceptors (Lipinski definition) is 3. The van der Waals surface area contributed by atoms with Crippen LogP contribution in [0.5, 0.6) is 0 Å². The molecule has 4 nitrogen and oxygen atoms in total. The summed E-state index contributed by atoms with van der Waals surface area (Å²) >= 11 is 0. The van der Waals surface area contributed by atoms with Gasteiger partial charge in [0.15, 0.2) is 0 Å². The van der Waals surface area contributed by atoms with Crippen LogP contribution in [-0.4, -0.2) is 67.1 Å². The Labute approximate surface area is 119 Å². The van der Waals surface area contributed by atoms with Gasteiger partial charge in [-0.15, -0.1) is 0 Å². The van der Waals surface area contributed by atoms with E-state index in [2.05, 4.69) is 4.90 Å². The predicted octanol–water partition coefficient (Wildman–Crippen LogP) is 1.75. The summed E-state index contributed by atoms with van der Waals surface area (Å²) in [6, 6.07) is 0.0803. The summed E-state index contributed by atoms with van der Waals surface area (Å²) < 4.78 is 31.4. The number of alkyl halides is 2. The second-order valence-electron chi connectivity index (χ2n) is 5.90. The fourth-order valence-corrected chi connectivity index (χ4v) is 2.97. The molecule has 2 aliphatic heterocycles. The number of rotatable bonds is 4. The minimum Gasteiger partial charge on any atom is -0.379 e. The van der Waals surface area contributed by atoms with Crippen molar-refractivity contribution >= 4 is 5.91 Å². The van der Waals surface area contributed by atoms with Crippen molar-refractivity contribution in [1.29, 1.82) is 0 Å². The summed E-state index contributed by atoms with van der Waals surface area (Å²) in [7, 11) is 0. The third-order valence-electron chi connectivity index (χ3n) is 3.98. The van der Waals surface area contributed by atoms with E-state index >= 15 is 0 Å². The monoisotopic (exact) mass is 290 g/mol. The zero-order chi connectivity index (χ0) is 14.6. The van der Waals surface area contributed by atoms with Crippen LogP contribution in [-0.2, 0) is 9.53 Å². The highest BCUT2D eigenvalue weighted by molar-refractivity contribution is 5.77. The van der Waals surface area contributed by atoms with Gasteiger partial charge in [-0.1, -0.05) is 0 Å². The average Bonchev–Trinajstić information content (AvgIpc) is 2.38. The first-order chi connectivity index (χ1) is 9.46. The lowest BCUT2D eigenvalue weighted by Gasteiger charge is -2.40. The summed E-state index contributed by atoms with van der Waals surface area (Å²) in [5, 5.41) is 0. The van der Waals surface area contributed by atoms with Gasteiger partial charge in [0, 0.05) is 32.2 Å². The van der Waals surface area contributed by atoms with Crippen LogP contribution in [0.1, 0.15) is 32.6 Å². The van der Waals surface area contributed by atoms with Crippen molar-refractivity contribution in [3.63, 3.8) is 0 Å². The molecule has 0 aliphatic carbocycles. The third kappa shape index (κ3) is 4.66. The Balaban J connectivity index is 1.92. The summed E-state index contributed by atoms with van der Waals surface area (Å²) in [6.07, 6.45) is 2.23. The van der Waals surface area contributed by atoms with Gasteiger partial charge in [0.05, 0.1) is 19.6 Å². The second kappa shape index (κ2) is 6.80. The van der Waals surface area contributed by atoms with E-state index in [4.69, 9.17) is 4.74 Å². The molecule has 2 fully saturated rings. The maximum atomic E-state index is 13.0. The van der Waals surface area contributed by atoms with Crippen molar-refractivity contribution in [1.82, 2.24) is 9.80 Å². The molecule has 2 heterocycles. The number of carbonyl (C=O) groups is 1. The van der Waals surface area contributed by atoms with E-state index in [0.29, 0.717) is 19.8 Å². The zero-order valence-corrected chi connectivity index (χ0v) is 12.1. The van der Waals surface area contributed by atoms with E-state index in [-0.39, 0.29) is 6.04 Å². The molecule has 2 saturated heterocycles. The molecule has 0 aromatic rings. The molecule has 1 amide bonds. The van der Waals surface area contributed by atoms with Crippen LogP contribution in [0.15, 0.2) is 0 Å². The molecular weight excluding hydrogens is 266 g/mol. The first-order valence-corrected chi connectivity index (χ1v) is 7.43. The van der Waals surface area contributed by atoms with E-state index in [1.807, 2.05) is 0 Å². The van der Waals surface area contributed by atoms with Crippen molar-refractivity contribution in [3.05, 3.63) is 0 Å². The topological polar surface area (TPSA) is 32.8 Å². The number of ether oxygens (including phenoxy) is 1. The fourth-order valence-electron chi connectivity index (χ4n) is 2.97. The molecule has 0 N–H and O–H groups in total. The predicted molar refractivity (Wildman–Crippen MR) is 71.8 cm³/mol. The number of nitrogens with zero attached hydrogens (tertiary/aromatic N) is 2. The van der Waals surface area contributed by atoms with Crippen molar-refractivity contribution in [2.24, 2.45) is 0 Å². The summed E-state index contributed by atoms with van der Waals surface area (Å²) in [6.45, 7) is 5.37. The molecule has 2 aliphatic rings. The van der Waals surface area contributed by atoms with E-state index in [1.54, 1.807) is 4.90 Å². The van der Waals surface area contributed by atoms with Crippen LogP contribution in [0, 0.1) is 0 Å². The molecule has 0 saturated carbocycles. The van der Waals surface area contributed by atoms with Crippen molar-refractivity contribution in [2.75, 3.05) is 39.4 Å². The third-order valence-corrected chi connectivity index (χ3v) is 3.98. The average molecular weight is 290 g/mol. The Morgan fingerprint density at radius 3 is 2.60 bits per heavy atom. The van der Waals surface area contributed by atoms with Crippen LogP contribution < -0.4 is 0 Å². The van der Waals surface area contributed by atoms with Crippen LogP contribution in [0.2, 0.25) is 0 Å². The molecule has 2 rings (SSSR count). The van der Waals surface area contributed by atoms with Gasteiger partial charge in [-0.3, -0.25) is 9.69 Å². The molecule has 1 unspecified atom stereocenters. The van der Waals surface area contributed by atoms with Crippen LogP contribution in [0.3, 0.4) is 0 Å². The van der Waals surface area contributed by atoms with Gasteiger partial charge in [-0.2, -0.15) is 0 Å². The molecule has 6 heteroatoms. The SMILES string of the molecule is CC(F)(F)CC(=O)N1CCCCC1CN1CCOCC1. The lowest BCUT2D eigenvalue weighted by molar-refractivity contribution is -0.142. The van der Waals surface area contributed by atoms with E-state index < -0.39 is 18.3 Å². The van der Waals surface area contributed by atoms with Gasteiger partial charge in [-0.25, -0.2) is 8.78 Å². The quantitative estimate of drug-likeness (QED) is 0.791. The van der Waals surface area contributed by atoms with Gasteiger partial charge >= 0.3 is 0 Å². The molecule has 116 valence electrons. The van der Waals surface area contributed by atoms with E-state index in [0.717, 1.165) is 45.8 Å². The molecule has 0 aromatic carbocycles. The summed E-state index contributed by atoms with van der Waals surface area (Å²) in [5.41, 5.74) is 0. The number of amides is 1. The van der Waals surface area contributed by atoms with Gasteiger partial charge in [0.1, 0.15) is 0 Å². The molecule has 1 atom stereocenters. The maximum absolute atomic E-state index is 13.0. The molecule has 20 heavy (non-hydrogen) atoms. The lowest BCUT2D eigenvalue weighted by Crippen LogP contribution is -2.52. The number of hydrogen-bond donors (Lipinski definition) is 0. The number of halogens is 2. The first kappa shape index (κ1) is 15.6. The number of likely N-dealkylation sites (tertiary alicyclic amines) is 1. The first-order valence-electron chi connectivity index (χ1n) is 7.43. The molecule has 0 radical (unpaired) electrons. The highest BCUT2D eigenvalue weighted by Gasteiger charge is 2.33. The van der Waals surface area contributed by atoms with E-state index in [1.165, 1.54) is 0 Å². The largest absolute Gasteiger partial charge is 0.379 e. The van der Waals surface area contributed by atoms with Crippen molar-refractivity contribution in [2.45, 2.75) is 44.6 Å². The van der Waals surface area contributed by atoms with Crippen LogP contribution >= 0.6 is 0 Å². The molecule has 0 spiro atoms. The summed E-state index contributed by atoms with van der Waals surface area (Å²) in [5.74, 6) is -3.33. The number of carbonyl (C=O) groups excluding carboxylic acids is 1. The highest BCUT2D eigenvalue weighted by atomic mass is 19.3. The summed E-state index contributed by atoms with van der Waals surface area (Å²) in [4.78, 5) is 16.0. The van der Waals surface area contributed by atoms with Gasteiger partial charge in [0.2, 0.25) is 5.91 Å². The smallest absolute Gasteiger partial charge is 0.254 e. The Hall–Kier alpha value is -0.750. The molecule has 0 bridgehead atoms. The second-order valence-corrected chi connectivity index (χ2v) is 5.90.